The van der Waals surface area contributed by atoms with Crippen LogP contribution in [0.1, 0.15) is 6.42 Å². The van der Waals surface area contributed by atoms with Crippen molar-refractivity contribution >= 4 is 22.6 Å². The Morgan fingerprint density at radius 1 is 1.41 bits per heavy atom. The van der Waals surface area contributed by atoms with Crippen LogP contribution in [0, 0.1) is 5.92 Å². The van der Waals surface area contributed by atoms with E-state index in [0.29, 0.717) is 10.9 Å². The van der Waals surface area contributed by atoms with Crippen LogP contribution in [-0.2, 0) is 18.3 Å². The molecule has 1 aliphatic rings. The Morgan fingerprint density at radius 3 is 3.14 bits per heavy atom. The van der Waals surface area contributed by atoms with Crippen LogP contribution in [0.25, 0.3) is 22.6 Å². The monoisotopic (exact) mass is 317 g/mol. The maximum absolute atomic E-state index is 6.06. The van der Waals surface area contributed by atoms with Gasteiger partial charge >= 0.3 is 0 Å². The van der Waals surface area contributed by atoms with E-state index in [-0.39, 0.29) is 0 Å². The molecule has 1 saturated heterocycles. The summed E-state index contributed by atoms with van der Waals surface area (Å²) in [6.45, 7) is 2.49. The van der Waals surface area contributed by atoms with Gasteiger partial charge < -0.3 is 9.30 Å². The van der Waals surface area contributed by atoms with Gasteiger partial charge in [0.2, 0.25) is 0 Å². The molecule has 1 fully saturated rings. The van der Waals surface area contributed by atoms with Crippen LogP contribution in [0.2, 0.25) is 5.02 Å². The molecule has 0 spiro atoms. The van der Waals surface area contributed by atoms with E-state index in [9.17, 15) is 0 Å². The van der Waals surface area contributed by atoms with E-state index < -0.39 is 0 Å². The Morgan fingerprint density at radius 2 is 2.32 bits per heavy atom. The molecule has 1 aliphatic heterocycles. The molecule has 4 rings (SSSR count). The lowest BCUT2D eigenvalue weighted by Crippen LogP contribution is -2.11. The lowest BCUT2D eigenvalue weighted by atomic mass is 10.1. The molecule has 0 aliphatic carbocycles. The van der Waals surface area contributed by atoms with Gasteiger partial charge in [0.1, 0.15) is 5.69 Å². The third-order valence-corrected chi connectivity index (χ3v) is 4.31. The standard InChI is InChI=1S/C15H16ClN5O/c1-20-14-6-11(16)2-3-12(14)17-15(20)13-8-21(19-18-13)7-10-4-5-22-9-10/h2-3,6,8,10H,4-5,7,9H2,1H3. The van der Waals surface area contributed by atoms with Gasteiger partial charge in [-0.2, -0.15) is 0 Å². The summed E-state index contributed by atoms with van der Waals surface area (Å²) in [5, 5.41) is 9.18. The Labute approximate surface area is 132 Å². The van der Waals surface area contributed by atoms with E-state index in [2.05, 4.69) is 15.3 Å². The first kappa shape index (κ1) is 13.7. The van der Waals surface area contributed by atoms with Gasteiger partial charge in [-0.15, -0.1) is 5.10 Å². The number of hydrogen-bond acceptors (Lipinski definition) is 4. The van der Waals surface area contributed by atoms with Gasteiger partial charge in [0, 0.05) is 31.1 Å². The molecule has 22 heavy (non-hydrogen) atoms. The summed E-state index contributed by atoms with van der Waals surface area (Å²) in [7, 11) is 1.96. The first-order valence-corrected chi connectivity index (χ1v) is 7.69. The van der Waals surface area contributed by atoms with Gasteiger partial charge in [-0.1, -0.05) is 16.8 Å². The second kappa shape index (κ2) is 5.37. The van der Waals surface area contributed by atoms with Crippen molar-refractivity contribution in [2.24, 2.45) is 13.0 Å². The average Bonchev–Trinajstić information content (AvgIpc) is 3.22. The van der Waals surface area contributed by atoms with Crippen molar-refractivity contribution in [3.8, 4) is 11.5 Å². The van der Waals surface area contributed by atoms with Crippen LogP contribution in [0.4, 0.5) is 0 Å². The third-order valence-electron chi connectivity index (χ3n) is 4.08. The van der Waals surface area contributed by atoms with E-state index in [4.69, 9.17) is 16.3 Å². The minimum atomic E-state index is 0.522. The van der Waals surface area contributed by atoms with Crippen molar-refractivity contribution in [1.29, 1.82) is 0 Å². The number of fused-ring (bicyclic) bond motifs is 1. The molecule has 0 radical (unpaired) electrons. The highest BCUT2D eigenvalue weighted by Crippen LogP contribution is 2.24. The molecule has 0 N–H and O–H groups in total. The van der Waals surface area contributed by atoms with Gasteiger partial charge in [-0.05, 0) is 24.6 Å². The smallest absolute Gasteiger partial charge is 0.163 e. The minimum Gasteiger partial charge on any atom is -0.381 e. The number of ether oxygens (including phenoxy) is 1. The maximum atomic E-state index is 6.06. The van der Waals surface area contributed by atoms with Crippen LogP contribution in [0.3, 0.4) is 0 Å². The van der Waals surface area contributed by atoms with E-state index in [0.717, 1.165) is 48.7 Å². The van der Waals surface area contributed by atoms with Gasteiger partial charge in [0.05, 0.1) is 23.8 Å². The highest BCUT2D eigenvalue weighted by atomic mass is 35.5. The maximum Gasteiger partial charge on any atom is 0.163 e. The first-order valence-electron chi connectivity index (χ1n) is 7.31. The number of imidazole rings is 1. The number of hydrogen-bond donors (Lipinski definition) is 0. The fourth-order valence-electron chi connectivity index (χ4n) is 2.87. The lowest BCUT2D eigenvalue weighted by Gasteiger charge is -2.05. The predicted octanol–water partition coefficient (Wildman–Crippen LogP) is 2.52. The Balaban J connectivity index is 1.67. The summed E-state index contributed by atoms with van der Waals surface area (Å²) in [4.78, 5) is 4.63. The highest BCUT2D eigenvalue weighted by Gasteiger charge is 2.18. The predicted molar refractivity (Wildman–Crippen MR) is 83.7 cm³/mol. The number of aromatic nitrogens is 5. The molecule has 114 valence electrons. The lowest BCUT2D eigenvalue weighted by molar-refractivity contribution is 0.181. The summed E-state index contributed by atoms with van der Waals surface area (Å²) in [5.41, 5.74) is 2.66. The zero-order chi connectivity index (χ0) is 15.1. The third kappa shape index (κ3) is 2.38. The number of aryl methyl sites for hydroxylation is 1. The van der Waals surface area contributed by atoms with E-state index in [1.54, 1.807) is 0 Å². The fourth-order valence-corrected chi connectivity index (χ4v) is 3.04. The largest absolute Gasteiger partial charge is 0.381 e. The average molecular weight is 318 g/mol. The van der Waals surface area contributed by atoms with Crippen molar-refractivity contribution in [2.75, 3.05) is 13.2 Å². The van der Waals surface area contributed by atoms with Crippen LogP contribution in [0.5, 0.6) is 0 Å². The molecule has 6 nitrogen and oxygen atoms in total. The SMILES string of the molecule is Cn1c(-c2cn(CC3CCOC3)nn2)nc2ccc(Cl)cc21. The second-order valence-electron chi connectivity index (χ2n) is 5.68. The van der Waals surface area contributed by atoms with Gasteiger partial charge in [0.25, 0.3) is 0 Å². The molecule has 0 bridgehead atoms. The quantitative estimate of drug-likeness (QED) is 0.745. The van der Waals surface area contributed by atoms with Crippen molar-refractivity contribution in [2.45, 2.75) is 13.0 Å². The van der Waals surface area contributed by atoms with Gasteiger partial charge in [-0.25, -0.2) is 4.98 Å². The van der Waals surface area contributed by atoms with Crippen LogP contribution >= 0.6 is 11.6 Å². The normalized spacial score (nSPS) is 18.4. The number of rotatable bonds is 3. The summed E-state index contributed by atoms with van der Waals surface area (Å²) >= 11 is 6.06. The zero-order valence-electron chi connectivity index (χ0n) is 12.2. The molecule has 0 amide bonds. The van der Waals surface area contributed by atoms with Crippen LogP contribution in [0.15, 0.2) is 24.4 Å². The molecule has 1 atom stereocenters. The van der Waals surface area contributed by atoms with Crippen LogP contribution < -0.4 is 0 Å². The summed E-state index contributed by atoms with van der Waals surface area (Å²) in [6.07, 6.45) is 3.03. The first-order chi connectivity index (χ1) is 10.7. The van der Waals surface area contributed by atoms with Crippen molar-refractivity contribution < 1.29 is 4.74 Å². The highest BCUT2D eigenvalue weighted by molar-refractivity contribution is 6.31. The molecule has 2 aromatic heterocycles. The molecule has 0 saturated carbocycles. The minimum absolute atomic E-state index is 0.522. The molecule has 3 aromatic rings. The van der Waals surface area contributed by atoms with E-state index in [1.165, 1.54) is 0 Å². The molecule has 3 heterocycles. The van der Waals surface area contributed by atoms with Gasteiger partial charge in [0.15, 0.2) is 5.82 Å². The van der Waals surface area contributed by atoms with E-state index in [1.807, 2.05) is 40.7 Å². The Kier molecular flexibility index (Phi) is 3.35. The zero-order valence-corrected chi connectivity index (χ0v) is 13.0. The Bertz CT molecular complexity index is 819. The number of benzene rings is 1. The Hall–Kier alpha value is -1.92. The van der Waals surface area contributed by atoms with E-state index >= 15 is 0 Å². The van der Waals surface area contributed by atoms with Gasteiger partial charge in [-0.3, -0.25) is 4.68 Å². The fraction of sp³-hybridized carbons (Fsp3) is 0.400. The second-order valence-corrected chi connectivity index (χ2v) is 6.12. The summed E-state index contributed by atoms with van der Waals surface area (Å²) < 4.78 is 9.27. The number of halogens is 1. The summed E-state index contributed by atoms with van der Waals surface area (Å²) in [6, 6.07) is 5.67. The molecular weight excluding hydrogens is 302 g/mol. The summed E-state index contributed by atoms with van der Waals surface area (Å²) in [5.74, 6) is 1.32. The van der Waals surface area contributed by atoms with Crippen molar-refractivity contribution in [1.82, 2.24) is 24.5 Å². The van der Waals surface area contributed by atoms with Crippen molar-refractivity contribution in [3.63, 3.8) is 0 Å². The molecule has 1 unspecified atom stereocenters. The number of nitrogens with zero attached hydrogens (tertiary/aromatic N) is 5. The molecular formula is C15H16ClN5O. The molecule has 1 aromatic carbocycles. The van der Waals surface area contributed by atoms with Crippen molar-refractivity contribution in [3.05, 3.63) is 29.4 Å². The molecule has 7 heteroatoms. The van der Waals surface area contributed by atoms with Crippen LogP contribution in [-0.4, -0.2) is 37.8 Å². The topological polar surface area (TPSA) is 57.8 Å².